The van der Waals surface area contributed by atoms with E-state index in [1.807, 2.05) is 18.2 Å². The Bertz CT molecular complexity index is 803. The third-order valence-corrected chi connectivity index (χ3v) is 5.68. The molecule has 0 fully saturated rings. The summed E-state index contributed by atoms with van der Waals surface area (Å²) in [5.74, 6) is 1.21. The van der Waals surface area contributed by atoms with E-state index in [4.69, 9.17) is 4.74 Å². The molecule has 27 heavy (non-hydrogen) atoms. The summed E-state index contributed by atoms with van der Waals surface area (Å²) in [6.07, 6.45) is 14.5. The maximum absolute atomic E-state index is 11.1. The van der Waals surface area contributed by atoms with E-state index in [1.54, 1.807) is 0 Å². The number of allylic oxidation sites excluding steroid dienone is 2. The molecule has 0 spiro atoms. The van der Waals surface area contributed by atoms with Gasteiger partial charge >= 0.3 is 5.97 Å². The van der Waals surface area contributed by atoms with Gasteiger partial charge in [0.15, 0.2) is 0 Å². The Morgan fingerprint density at radius 2 is 1.81 bits per heavy atom. The van der Waals surface area contributed by atoms with Gasteiger partial charge in [0.2, 0.25) is 0 Å². The highest BCUT2D eigenvalue weighted by Gasteiger charge is 2.15. The van der Waals surface area contributed by atoms with Crippen LogP contribution in [-0.2, 0) is 4.79 Å². The number of benzene rings is 2. The summed E-state index contributed by atoms with van der Waals surface area (Å²) in [4.78, 5) is 11.1. The highest BCUT2D eigenvalue weighted by Crippen LogP contribution is 2.34. The van der Waals surface area contributed by atoms with Crippen molar-refractivity contribution in [3.63, 3.8) is 0 Å². The fourth-order valence-electron chi connectivity index (χ4n) is 4.10. The Morgan fingerprint density at radius 3 is 2.56 bits per heavy atom. The third kappa shape index (κ3) is 5.69. The van der Waals surface area contributed by atoms with Crippen molar-refractivity contribution >= 4 is 22.3 Å². The molecule has 0 amide bonds. The zero-order chi connectivity index (χ0) is 19.1. The molecule has 0 saturated carbocycles. The first-order valence-electron chi connectivity index (χ1n) is 10.6. The van der Waals surface area contributed by atoms with E-state index in [0.29, 0.717) is 5.75 Å². The van der Waals surface area contributed by atoms with Crippen LogP contribution in [0.4, 0.5) is 0 Å². The lowest BCUT2D eigenvalue weighted by Crippen LogP contribution is -2.05. The SMILES string of the molecule is CCCCCCCC1CC=C(c2ccc3cc(OC(C)=O)ccc3c2)CC1. The summed E-state index contributed by atoms with van der Waals surface area (Å²) in [5, 5.41) is 2.31. The number of carbonyl (C=O) groups excluding carboxylic acids is 1. The first kappa shape index (κ1) is 19.7. The maximum Gasteiger partial charge on any atom is 0.308 e. The van der Waals surface area contributed by atoms with Gasteiger partial charge in [-0.3, -0.25) is 4.79 Å². The van der Waals surface area contributed by atoms with E-state index in [-0.39, 0.29) is 5.97 Å². The van der Waals surface area contributed by atoms with Gasteiger partial charge in [0.1, 0.15) is 5.75 Å². The lowest BCUT2D eigenvalue weighted by molar-refractivity contribution is -0.131. The first-order valence-corrected chi connectivity index (χ1v) is 10.6. The van der Waals surface area contributed by atoms with E-state index < -0.39 is 0 Å². The van der Waals surface area contributed by atoms with Crippen LogP contribution in [0.1, 0.15) is 77.2 Å². The number of rotatable bonds is 8. The molecule has 2 nitrogen and oxygen atoms in total. The summed E-state index contributed by atoms with van der Waals surface area (Å²) in [7, 11) is 0. The lowest BCUT2D eigenvalue weighted by atomic mass is 9.83. The molecule has 0 heterocycles. The van der Waals surface area contributed by atoms with Gasteiger partial charge in [-0.05, 0) is 65.3 Å². The van der Waals surface area contributed by atoms with Gasteiger partial charge in [-0.15, -0.1) is 0 Å². The van der Waals surface area contributed by atoms with Crippen LogP contribution in [0.3, 0.4) is 0 Å². The summed E-state index contributed by atoms with van der Waals surface area (Å²) in [5.41, 5.74) is 2.83. The van der Waals surface area contributed by atoms with Gasteiger partial charge in [0, 0.05) is 6.92 Å². The smallest absolute Gasteiger partial charge is 0.308 e. The van der Waals surface area contributed by atoms with Crippen LogP contribution in [0.25, 0.3) is 16.3 Å². The number of unbranched alkanes of at least 4 members (excludes halogenated alkanes) is 4. The van der Waals surface area contributed by atoms with Crippen molar-refractivity contribution in [2.24, 2.45) is 5.92 Å². The van der Waals surface area contributed by atoms with Gasteiger partial charge in [-0.1, -0.05) is 69.7 Å². The number of hydrogen-bond acceptors (Lipinski definition) is 2. The fraction of sp³-hybridized carbons (Fsp3) is 0.480. The van der Waals surface area contributed by atoms with Crippen molar-refractivity contribution in [2.75, 3.05) is 0 Å². The van der Waals surface area contributed by atoms with Crippen molar-refractivity contribution < 1.29 is 9.53 Å². The van der Waals surface area contributed by atoms with E-state index >= 15 is 0 Å². The van der Waals surface area contributed by atoms with E-state index in [9.17, 15) is 4.79 Å². The molecule has 1 atom stereocenters. The van der Waals surface area contributed by atoms with Crippen molar-refractivity contribution in [1.29, 1.82) is 0 Å². The zero-order valence-electron chi connectivity index (χ0n) is 16.8. The molecular formula is C25H32O2. The number of carbonyl (C=O) groups is 1. The van der Waals surface area contributed by atoms with Gasteiger partial charge in [0.05, 0.1) is 0 Å². The van der Waals surface area contributed by atoms with E-state index in [2.05, 4.69) is 31.2 Å². The van der Waals surface area contributed by atoms with Crippen molar-refractivity contribution in [2.45, 2.75) is 71.6 Å². The number of fused-ring (bicyclic) bond motifs is 1. The van der Waals surface area contributed by atoms with Crippen molar-refractivity contribution in [1.82, 2.24) is 0 Å². The molecule has 2 aromatic rings. The summed E-state index contributed by atoms with van der Waals surface area (Å²) < 4.78 is 5.18. The van der Waals surface area contributed by atoms with Crippen molar-refractivity contribution in [3.05, 3.63) is 48.0 Å². The summed E-state index contributed by atoms with van der Waals surface area (Å²) >= 11 is 0. The quantitative estimate of drug-likeness (QED) is 0.279. The molecule has 144 valence electrons. The van der Waals surface area contributed by atoms with Gasteiger partial charge in [-0.2, -0.15) is 0 Å². The zero-order valence-corrected chi connectivity index (χ0v) is 16.8. The van der Waals surface area contributed by atoms with Gasteiger partial charge in [0.25, 0.3) is 0 Å². The molecule has 3 rings (SSSR count). The second-order valence-electron chi connectivity index (χ2n) is 7.89. The molecule has 0 saturated heterocycles. The third-order valence-electron chi connectivity index (χ3n) is 5.68. The van der Waals surface area contributed by atoms with Crippen LogP contribution in [0.15, 0.2) is 42.5 Å². The lowest BCUT2D eigenvalue weighted by Gasteiger charge is -2.22. The van der Waals surface area contributed by atoms with Crippen LogP contribution >= 0.6 is 0 Å². The molecule has 0 aromatic heterocycles. The average molecular weight is 365 g/mol. The Balaban J connectivity index is 1.59. The topological polar surface area (TPSA) is 26.3 Å². The number of esters is 1. The normalized spacial score (nSPS) is 17.0. The molecule has 2 heteroatoms. The minimum atomic E-state index is -0.279. The largest absolute Gasteiger partial charge is 0.427 e. The molecule has 0 radical (unpaired) electrons. The predicted molar refractivity (Wildman–Crippen MR) is 114 cm³/mol. The maximum atomic E-state index is 11.1. The molecule has 1 aliphatic rings. The number of ether oxygens (including phenoxy) is 1. The van der Waals surface area contributed by atoms with Crippen LogP contribution in [0.5, 0.6) is 5.75 Å². The summed E-state index contributed by atoms with van der Waals surface area (Å²) in [6.45, 7) is 3.71. The summed E-state index contributed by atoms with van der Waals surface area (Å²) in [6, 6.07) is 12.5. The fourth-order valence-corrected chi connectivity index (χ4v) is 4.10. The molecule has 0 bridgehead atoms. The van der Waals surface area contributed by atoms with Crippen LogP contribution in [0.2, 0.25) is 0 Å². The Hall–Kier alpha value is -2.09. The Labute approximate surface area is 163 Å². The molecule has 0 aliphatic heterocycles. The first-order chi connectivity index (χ1) is 13.2. The molecule has 2 aromatic carbocycles. The average Bonchev–Trinajstić information content (AvgIpc) is 2.67. The predicted octanol–water partition coefficient (Wildman–Crippen LogP) is 7.31. The monoisotopic (exact) mass is 364 g/mol. The van der Waals surface area contributed by atoms with Crippen LogP contribution < -0.4 is 4.74 Å². The van der Waals surface area contributed by atoms with E-state index in [1.165, 1.54) is 81.2 Å². The van der Waals surface area contributed by atoms with Gasteiger partial charge < -0.3 is 4.74 Å². The second kappa shape index (κ2) is 9.73. The minimum Gasteiger partial charge on any atom is -0.427 e. The highest BCUT2D eigenvalue weighted by molar-refractivity contribution is 5.88. The standard InChI is InChI=1S/C25H32O2/c1-3-4-5-6-7-8-20-9-11-21(12-10-20)22-13-14-24-18-25(27-19(2)26)16-15-23(24)17-22/h11,13-18,20H,3-10,12H2,1-2H3. The van der Waals surface area contributed by atoms with Crippen LogP contribution in [-0.4, -0.2) is 5.97 Å². The van der Waals surface area contributed by atoms with Crippen molar-refractivity contribution in [3.8, 4) is 5.75 Å². The Morgan fingerprint density at radius 1 is 1.04 bits per heavy atom. The second-order valence-corrected chi connectivity index (χ2v) is 7.89. The molecular weight excluding hydrogens is 332 g/mol. The van der Waals surface area contributed by atoms with E-state index in [0.717, 1.165) is 11.3 Å². The number of hydrogen-bond donors (Lipinski definition) is 0. The molecule has 1 unspecified atom stereocenters. The highest BCUT2D eigenvalue weighted by atomic mass is 16.5. The molecule has 0 N–H and O–H groups in total. The van der Waals surface area contributed by atoms with Crippen LogP contribution in [0, 0.1) is 5.92 Å². The molecule has 1 aliphatic carbocycles. The Kier molecular flexibility index (Phi) is 7.09. The van der Waals surface area contributed by atoms with Gasteiger partial charge in [-0.25, -0.2) is 0 Å². The minimum absolute atomic E-state index is 0.279.